The Kier molecular flexibility index (Phi) is 7.71. The summed E-state index contributed by atoms with van der Waals surface area (Å²) in [6.07, 6.45) is 0. The Morgan fingerprint density at radius 2 is 1.64 bits per heavy atom. The molecular formula is C6H15ClNO5S-. The van der Waals surface area contributed by atoms with Gasteiger partial charge in [0.2, 0.25) is 0 Å². The highest BCUT2D eigenvalue weighted by Crippen LogP contribution is 2.00. The van der Waals surface area contributed by atoms with Crippen LogP contribution in [0.4, 0.5) is 0 Å². The number of hydrogen-bond acceptors (Lipinski definition) is 5. The normalized spacial score (nSPS) is 14.2. The Balaban J connectivity index is 0. The number of nitrogens with zero attached hydrogens (tertiary/aromatic N) is 1. The van der Waals surface area contributed by atoms with Gasteiger partial charge in [0.05, 0.1) is 34.3 Å². The third-order valence-corrected chi connectivity index (χ3v) is 1.22. The first-order valence-electron chi connectivity index (χ1n) is 3.68. The van der Waals surface area contributed by atoms with Crippen LogP contribution in [0.15, 0.2) is 0 Å². The summed E-state index contributed by atoms with van der Waals surface area (Å²) >= 11 is 5.68. The quantitative estimate of drug-likeness (QED) is 0.297. The molecule has 0 aromatic carbocycles. The average molecular weight is 249 g/mol. The number of halogens is 1. The van der Waals surface area contributed by atoms with Crippen LogP contribution in [0.25, 0.3) is 0 Å². The van der Waals surface area contributed by atoms with Crippen LogP contribution in [-0.2, 0) is 10.4 Å². The molecule has 0 spiro atoms. The Morgan fingerprint density at radius 1 is 1.36 bits per heavy atom. The fourth-order valence-electron chi connectivity index (χ4n) is 0.652. The standard InChI is InChI=1S/C6H15ClNO.H2O4S/c1-8(2,3)4-6(7)5-9;1-5(2,3)4/h6,9H,4-5H2,1-3H3;(H2,1,2,3,4)/q+1;/p-2. The molecule has 0 radical (unpaired) electrons. The second kappa shape index (κ2) is 6.54. The summed E-state index contributed by atoms with van der Waals surface area (Å²) in [7, 11) is 0.973. The Hall–Kier alpha value is 0.0800. The van der Waals surface area contributed by atoms with Crippen LogP contribution in [0.5, 0.6) is 0 Å². The van der Waals surface area contributed by atoms with Crippen molar-refractivity contribution in [3.05, 3.63) is 0 Å². The van der Waals surface area contributed by atoms with E-state index in [9.17, 15) is 0 Å². The zero-order valence-electron chi connectivity index (χ0n) is 8.31. The maximum atomic E-state index is 8.56. The van der Waals surface area contributed by atoms with E-state index in [-0.39, 0.29) is 12.0 Å². The molecule has 0 saturated carbocycles. The van der Waals surface area contributed by atoms with Crippen molar-refractivity contribution < 1.29 is 27.1 Å². The zero-order valence-corrected chi connectivity index (χ0v) is 9.88. The second-order valence-corrected chi connectivity index (χ2v) is 5.09. The SMILES string of the molecule is C[N+](C)(C)CC(Cl)CO.O=S(=O)([O-])[O-]. The molecule has 0 aromatic rings. The maximum absolute atomic E-state index is 8.56. The van der Waals surface area contributed by atoms with E-state index >= 15 is 0 Å². The summed E-state index contributed by atoms with van der Waals surface area (Å²) in [5, 5.41) is 8.45. The smallest absolute Gasteiger partial charge is 0.106 e. The molecule has 0 bridgehead atoms. The van der Waals surface area contributed by atoms with Crippen LogP contribution >= 0.6 is 11.6 Å². The van der Waals surface area contributed by atoms with E-state index in [0.29, 0.717) is 0 Å². The summed E-state index contributed by atoms with van der Waals surface area (Å²) < 4.78 is 34.9. The van der Waals surface area contributed by atoms with E-state index < -0.39 is 10.4 Å². The summed E-state index contributed by atoms with van der Waals surface area (Å²) in [6, 6.07) is 0. The number of quaternary nitrogens is 1. The number of hydrogen-bond donors (Lipinski definition) is 1. The minimum Gasteiger partial charge on any atom is -0.759 e. The van der Waals surface area contributed by atoms with Crippen molar-refractivity contribution in [2.75, 3.05) is 34.3 Å². The van der Waals surface area contributed by atoms with Crippen molar-refractivity contribution >= 4 is 22.0 Å². The van der Waals surface area contributed by atoms with Gasteiger partial charge in [0.25, 0.3) is 0 Å². The lowest BCUT2D eigenvalue weighted by molar-refractivity contribution is -0.870. The lowest BCUT2D eigenvalue weighted by atomic mass is 10.4. The monoisotopic (exact) mass is 248 g/mol. The highest BCUT2D eigenvalue weighted by atomic mass is 35.5. The molecule has 0 heterocycles. The molecule has 0 aliphatic rings. The van der Waals surface area contributed by atoms with Crippen LogP contribution in [0.1, 0.15) is 0 Å². The highest BCUT2D eigenvalue weighted by molar-refractivity contribution is 7.79. The molecule has 1 unspecified atom stereocenters. The van der Waals surface area contributed by atoms with Gasteiger partial charge in [0.1, 0.15) is 5.38 Å². The van der Waals surface area contributed by atoms with Crippen LogP contribution in [-0.4, -0.2) is 66.8 Å². The molecule has 0 aromatic heterocycles. The molecular weight excluding hydrogens is 234 g/mol. The summed E-state index contributed by atoms with van der Waals surface area (Å²) in [6.45, 7) is 0.870. The van der Waals surface area contributed by atoms with Crippen molar-refractivity contribution in [1.82, 2.24) is 0 Å². The molecule has 1 N–H and O–H groups in total. The predicted octanol–water partition coefficient (Wildman–Crippen LogP) is -1.05. The van der Waals surface area contributed by atoms with Crippen LogP contribution in [0.3, 0.4) is 0 Å². The van der Waals surface area contributed by atoms with Crippen LogP contribution < -0.4 is 0 Å². The van der Waals surface area contributed by atoms with Crippen molar-refractivity contribution in [3.8, 4) is 0 Å². The summed E-state index contributed by atoms with van der Waals surface area (Å²) in [5.74, 6) is 0. The largest absolute Gasteiger partial charge is 0.759 e. The van der Waals surface area contributed by atoms with Gasteiger partial charge in [-0.15, -0.1) is 11.6 Å². The molecule has 0 aliphatic carbocycles. The van der Waals surface area contributed by atoms with Gasteiger partial charge >= 0.3 is 0 Å². The molecule has 0 aliphatic heterocycles. The first-order chi connectivity index (χ1) is 5.95. The predicted molar refractivity (Wildman–Crippen MR) is 50.1 cm³/mol. The van der Waals surface area contributed by atoms with Crippen molar-refractivity contribution in [2.24, 2.45) is 0 Å². The Labute approximate surface area is 89.3 Å². The maximum Gasteiger partial charge on any atom is 0.106 e. The van der Waals surface area contributed by atoms with Gasteiger partial charge < -0.3 is 18.7 Å². The Bertz CT molecular complexity index is 227. The van der Waals surface area contributed by atoms with E-state index in [2.05, 4.69) is 0 Å². The zero-order chi connectivity index (χ0) is 12.0. The van der Waals surface area contributed by atoms with Crippen molar-refractivity contribution in [1.29, 1.82) is 0 Å². The molecule has 14 heavy (non-hydrogen) atoms. The van der Waals surface area contributed by atoms with E-state index in [1.165, 1.54) is 0 Å². The van der Waals surface area contributed by atoms with E-state index in [1.54, 1.807) is 0 Å². The van der Waals surface area contributed by atoms with Gasteiger partial charge in [-0.05, 0) is 0 Å². The van der Waals surface area contributed by atoms with Crippen molar-refractivity contribution in [2.45, 2.75) is 5.38 Å². The first-order valence-corrected chi connectivity index (χ1v) is 5.45. The average Bonchev–Trinajstić information content (AvgIpc) is 1.79. The molecule has 88 valence electrons. The lowest BCUT2D eigenvalue weighted by Gasteiger charge is -2.25. The van der Waals surface area contributed by atoms with E-state index in [1.807, 2.05) is 21.1 Å². The molecule has 6 nitrogen and oxygen atoms in total. The summed E-state index contributed by atoms with van der Waals surface area (Å²) in [5.41, 5.74) is 0. The van der Waals surface area contributed by atoms with Crippen molar-refractivity contribution in [3.63, 3.8) is 0 Å². The first kappa shape index (κ1) is 16.5. The van der Waals surface area contributed by atoms with Gasteiger partial charge in [-0.25, -0.2) is 0 Å². The molecule has 0 saturated heterocycles. The molecule has 1 atom stereocenters. The lowest BCUT2D eigenvalue weighted by Crippen LogP contribution is -2.40. The number of aliphatic hydroxyl groups excluding tert-OH is 1. The molecule has 0 fully saturated rings. The summed E-state index contributed by atoms with van der Waals surface area (Å²) in [4.78, 5) is 0. The molecule has 8 heteroatoms. The van der Waals surface area contributed by atoms with Gasteiger partial charge in [-0.1, -0.05) is 0 Å². The van der Waals surface area contributed by atoms with E-state index in [4.69, 9.17) is 34.2 Å². The number of rotatable bonds is 3. The fourth-order valence-corrected chi connectivity index (χ4v) is 1.07. The van der Waals surface area contributed by atoms with Crippen LogP contribution in [0, 0.1) is 0 Å². The van der Waals surface area contributed by atoms with Gasteiger partial charge in [0.15, 0.2) is 0 Å². The number of aliphatic hydroxyl groups is 1. The second-order valence-electron chi connectivity index (χ2n) is 3.66. The third kappa shape index (κ3) is 29.6. The minimum atomic E-state index is -5.17. The molecule has 0 rings (SSSR count). The minimum absolute atomic E-state index is 0.0665. The van der Waals surface area contributed by atoms with Gasteiger partial charge in [0, 0.05) is 10.4 Å². The van der Waals surface area contributed by atoms with Crippen LogP contribution in [0.2, 0.25) is 0 Å². The van der Waals surface area contributed by atoms with E-state index in [0.717, 1.165) is 11.0 Å². The topological polar surface area (TPSA) is 100 Å². The third-order valence-electron chi connectivity index (χ3n) is 0.944. The van der Waals surface area contributed by atoms with Gasteiger partial charge in [-0.3, -0.25) is 8.42 Å². The number of alkyl halides is 1. The highest BCUT2D eigenvalue weighted by Gasteiger charge is 2.13. The molecule has 0 amide bonds. The van der Waals surface area contributed by atoms with Gasteiger partial charge in [-0.2, -0.15) is 0 Å². The Morgan fingerprint density at radius 3 is 1.71 bits per heavy atom. The fraction of sp³-hybridized carbons (Fsp3) is 1.00.